The number of rotatable bonds is 8. The van der Waals surface area contributed by atoms with Gasteiger partial charge in [-0.2, -0.15) is 0 Å². The van der Waals surface area contributed by atoms with Crippen LogP contribution in [0.1, 0.15) is 50.3 Å². The Morgan fingerprint density at radius 1 is 1.20 bits per heavy atom. The number of amides is 1. The van der Waals surface area contributed by atoms with Crippen LogP contribution in [0.25, 0.3) is 0 Å². The molecule has 4 nitrogen and oxygen atoms in total. The molecule has 0 saturated carbocycles. The van der Waals surface area contributed by atoms with Crippen LogP contribution in [0.5, 0.6) is 5.75 Å². The molecule has 0 aliphatic carbocycles. The van der Waals surface area contributed by atoms with Gasteiger partial charge in [0.1, 0.15) is 5.75 Å². The lowest BCUT2D eigenvalue weighted by Crippen LogP contribution is -2.43. The van der Waals surface area contributed by atoms with Crippen LogP contribution in [0.3, 0.4) is 0 Å². The summed E-state index contributed by atoms with van der Waals surface area (Å²) >= 11 is 6.33. The number of piperidine rings is 1. The van der Waals surface area contributed by atoms with Gasteiger partial charge in [-0.25, -0.2) is 0 Å². The lowest BCUT2D eigenvalue weighted by Gasteiger charge is -2.33. The van der Waals surface area contributed by atoms with E-state index in [2.05, 4.69) is 42.3 Å². The Hall–Kier alpha value is -2.04. The minimum Gasteiger partial charge on any atom is -0.497 e. The molecular formula is C25H33ClN2O2. The van der Waals surface area contributed by atoms with Crippen molar-refractivity contribution in [3.05, 3.63) is 64.7 Å². The summed E-state index contributed by atoms with van der Waals surface area (Å²) in [5, 5.41) is 4.13. The third kappa shape index (κ3) is 6.23. The van der Waals surface area contributed by atoms with Crippen molar-refractivity contribution in [2.75, 3.05) is 20.2 Å². The maximum absolute atomic E-state index is 13.2. The van der Waals surface area contributed by atoms with Crippen LogP contribution in [0.4, 0.5) is 0 Å². The average molecular weight is 429 g/mol. The van der Waals surface area contributed by atoms with E-state index in [1.54, 1.807) is 7.11 Å². The van der Waals surface area contributed by atoms with Gasteiger partial charge < -0.3 is 10.1 Å². The molecule has 1 heterocycles. The summed E-state index contributed by atoms with van der Waals surface area (Å²) in [5.74, 6) is 1.48. The van der Waals surface area contributed by atoms with Gasteiger partial charge in [0.2, 0.25) is 5.91 Å². The zero-order valence-corrected chi connectivity index (χ0v) is 19.0. The highest BCUT2D eigenvalue weighted by Gasteiger charge is 2.28. The summed E-state index contributed by atoms with van der Waals surface area (Å²) in [7, 11) is 1.67. The van der Waals surface area contributed by atoms with E-state index in [1.807, 2.05) is 30.3 Å². The number of likely N-dealkylation sites (tertiary alicyclic amines) is 1. The van der Waals surface area contributed by atoms with Crippen LogP contribution in [0.2, 0.25) is 5.02 Å². The molecule has 1 saturated heterocycles. The van der Waals surface area contributed by atoms with Crippen molar-refractivity contribution in [3.63, 3.8) is 0 Å². The Morgan fingerprint density at radius 3 is 2.60 bits per heavy atom. The van der Waals surface area contributed by atoms with Crippen molar-refractivity contribution in [2.45, 2.75) is 45.7 Å². The van der Waals surface area contributed by atoms with E-state index in [0.29, 0.717) is 5.92 Å². The maximum atomic E-state index is 13.2. The minimum absolute atomic E-state index is 0.00847. The number of hydrogen-bond acceptors (Lipinski definition) is 3. The van der Waals surface area contributed by atoms with E-state index in [-0.39, 0.29) is 17.9 Å². The van der Waals surface area contributed by atoms with Crippen LogP contribution in [0.15, 0.2) is 48.5 Å². The van der Waals surface area contributed by atoms with Crippen LogP contribution in [-0.4, -0.2) is 31.0 Å². The minimum atomic E-state index is 0.00847. The van der Waals surface area contributed by atoms with Gasteiger partial charge in [-0.3, -0.25) is 9.69 Å². The molecule has 2 atom stereocenters. The number of nitrogens with zero attached hydrogens (tertiary/aromatic N) is 1. The third-order valence-electron chi connectivity index (χ3n) is 5.77. The molecular weight excluding hydrogens is 396 g/mol. The van der Waals surface area contributed by atoms with Crippen molar-refractivity contribution in [1.29, 1.82) is 0 Å². The number of benzene rings is 2. The molecule has 2 aromatic rings. The predicted molar refractivity (Wildman–Crippen MR) is 123 cm³/mol. The molecule has 1 N–H and O–H groups in total. The second kappa shape index (κ2) is 10.8. The fraction of sp³-hybridized carbons (Fsp3) is 0.480. The second-order valence-corrected chi connectivity index (χ2v) is 9.04. The van der Waals surface area contributed by atoms with Crippen LogP contribution in [0, 0.1) is 11.8 Å². The van der Waals surface area contributed by atoms with E-state index in [0.717, 1.165) is 60.8 Å². The number of methoxy groups -OCH3 is 1. The highest BCUT2D eigenvalue weighted by Crippen LogP contribution is 2.26. The summed E-state index contributed by atoms with van der Waals surface area (Å²) in [6.07, 6.45) is 2.87. The predicted octanol–water partition coefficient (Wildman–Crippen LogP) is 5.46. The van der Waals surface area contributed by atoms with Crippen LogP contribution >= 0.6 is 11.6 Å². The van der Waals surface area contributed by atoms with Gasteiger partial charge >= 0.3 is 0 Å². The van der Waals surface area contributed by atoms with Crippen molar-refractivity contribution in [1.82, 2.24) is 10.2 Å². The molecule has 0 spiro atoms. The summed E-state index contributed by atoms with van der Waals surface area (Å²) in [6, 6.07) is 16.0. The highest BCUT2D eigenvalue weighted by molar-refractivity contribution is 6.31. The Morgan fingerprint density at radius 2 is 1.93 bits per heavy atom. The Kier molecular flexibility index (Phi) is 8.17. The van der Waals surface area contributed by atoms with Crippen LogP contribution < -0.4 is 10.1 Å². The molecule has 1 amide bonds. The maximum Gasteiger partial charge on any atom is 0.224 e. The van der Waals surface area contributed by atoms with E-state index in [1.165, 1.54) is 0 Å². The lowest BCUT2D eigenvalue weighted by atomic mass is 9.93. The van der Waals surface area contributed by atoms with Crippen molar-refractivity contribution >= 4 is 17.5 Å². The zero-order chi connectivity index (χ0) is 21.5. The van der Waals surface area contributed by atoms with Gasteiger partial charge in [0.15, 0.2) is 0 Å². The summed E-state index contributed by atoms with van der Waals surface area (Å²) in [6.45, 7) is 6.94. The standard InChI is InChI=1S/C25H33ClN2O2/c1-18(2)15-24(19-10-12-22(30-3)13-11-19)27-25(29)21-8-6-14-28(17-21)16-20-7-4-5-9-23(20)26/h4-5,7,9-13,18,21,24H,6,8,14-17H2,1-3H3,(H,27,29)/t21-,24+/m0/s1. The van der Waals surface area contributed by atoms with Gasteiger partial charge in [-0.1, -0.05) is 55.8 Å². The Labute approximate surface area is 185 Å². The molecule has 5 heteroatoms. The molecule has 3 rings (SSSR count). The molecule has 0 aromatic heterocycles. The molecule has 0 bridgehead atoms. The normalized spacial score (nSPS) is 18.2. The first-order valence-electron chi connectivity index (χ1n) is 10.9. The molecule has 162 valence electrons. The quantitative estimate of drug-likeness (QED) is 0.606. The molecule has 1 aliphatic rings. The van der Waals surface area contributed by atoms with E-state index in [4.69, 9.17) is 16.3 Å². The third-order valence-corrected chi connectivity index (χ3v) is 6.14. The zero-order valence-electron chi connectivity index (χ0n) is 18.2. The Bertz CT molecular complexity index is 822. The van der Waals surface area contributed by atoms with E-state index in [9.17, 15) is 4.79 Å². The molecule has 1 fully saturated rings. The number of ether oxygens (including phenoxy) is 1. The largest absolute Gasteiger partial charge is 0.497 e. The van der Waals surface area contributed by atoms with Gasteiger partial charge in [-0.15, -0.1) is 0 Å². The van der Waals surface area contributed by atoms with E-state index < -0.39 is 0 Å². The van der Waals surface area contributed by atoms with Crippen molar-refractivity contribution in [3.8, 4) is 5.75 Å². The Balaban J connectivity index is 1.64. The first-order chi connectivity index (χ1) is 14.5. The molecule has 0 unspecified atom stereocenters. The monoisotopic (exact) mass is 428 g/mol. The van der Waals surface area contributed by atoms with Crippen molar-refractivity contribution < 1.29 is 9.53 Å². The van der Waals surface area contributed by atoms with Gasteiger partial charge in [0.25, 0.3) is 0 Å². The molecule has 1 aliphatic heterocycles. The van der Waals surface area contributed by atoms with Gasteiger partial charge in [0, 0.05) is 18.1 Å². The fourth-order valence-corrected chi connectivity index (χ4v) is 4.35. The van der Waals surface area contributed by atoms with E-state index >= 15 is 0 Å². The first-order valence-corrected chi connectivity index (χ1v) is 11.2. The molecule has 2 aromatic carbocycles. The molecule has 30 heavy (non-hydrogen) atoms. The van der Waals surface area contributed by atoms with Crippen LogP contribution in [-0.2, 0) is 11.3 Å². The fourth-order valence-electron chi connectivity index (χ4n) is 4.16. The molecule has 0 radical (unpaired) electrons. The van der Waals surface area contributed by atoms with Gasteiger partial charge in [0.05, 0.1) is 19.1 Å². The lowest BCUT2D eigenvalue weighted by molar-refractivity contribution is -0.127. The number of carbonyl (C=O) groups is 1. The average Bonchev–Trinajstić information content (AvgIpc) is 2.75. The topological polar surface area (TPSA) is 41.6 Å². The summed E-state index contributed by atoms with van der Waals surface area (Å²) < 4.78 is 5.27. The van der Waals surface area contributed by atoms with Crippen molar-refractivity contribution in [2.24, 2.45) is 11.8 Å². The van der Waals surface area contributed by atoms with Gasteiger partial charge in [-0.05, 0) is 61.1 Å². The number of carbonyl (C=O) groups excluding carboxylic acids is 1. The second-order valence-electron chi connectivity index (χ2n) is 8.63. The summed E-state index contributed by atoms with van der Waals surface area (Å²) in [4.78, 5) is 15.5. The smallest absolute Gasteiger partial charge is 0.224 e. The first kappa shape index (κ1) is 22.6. The number of hydrogen-bond donors (Lipinski definition) is 1. The highest BCUT2D eigenvalue weighted by atomic mass is 35.5. The summed E-state index contributed by atoms with van der Waals surface area (Å²) in [5.41, 5.74) is 2.25. The number of nitrogens with one attached hydrogen (secondary N) is 1. The SMILES string of the molecule is COc1ccc([C@@H](CC(C)C)NC(=O)[C@H]2CCCN(Cc3ccccc3Cl)C2)cc1. The number of halogens is 1.